The van der Waals surface area contributed by atoms with Crippen LogP contribution in [-0.4, -0.2) is 9.55 Å². The van der Waals surface area contributed by atoms with Gasteiger partial charge in [-0.05, 0) is 6.42 Å². The van der Waals surface area contributed by atoms with Gasteiger partial charge in [0.1, 0.15) is 5.82 Å². The Kier molecular flexibility index (Phi) is 2.74. The van der Waals surface area contributed by atoms with Gasteiger partial charge in [0, 0.05) is 13.0 Å². The molecule has 1 atom stereocenters. The Morgan fingerprint density at radius 2 is 2.33 bits per heavy atom. The van der Waals surface area contributed by atoms with Crippen molar-refractivity contribution < 1.29 is 0 Å². The van der Waals surface area contributed by atoms with Crippen LogP contribution in [0.15, 0.2) is 6.33 Å². The van der Waals surface area contributed by atoms with Crippen LogP contribution in [0, 0.1) is 0 Å². The zero-order valence-corrected chi connectivity index (χ0v) is 8.04. The summed E-state index contributed by atoms with van der Waals surface area (Å²) in [6.45, 7) is 4.35. The molecule has 2 N–H and O–H groups in total. The molecule has 0 saturated heterocycles. The molecule has 1 aromatic rings. The van der Waals surface area contributed by atoms with Crippen molar-refractivity contribution in [2.24, 2.45) is 7.05 Å². The van der Waals surface area contributed by atoms with Gasteiger partial charge in [-0.2, -0.15) is 0 Å². The Morgan fingerprint density at radius 3 is 2.75 bits per heavy atom. The first kappa shape index (κ1) is 9.10. The van der Waals surface area contributed by atoms with Crippen LogP contribution in [0.3, 0.4) is 0 Å². The number of hydrogen-bond acceptors (Lipinski definition) is 2. The highest BCUT2D eigenvalue weighted by molar-refractivity contribution is 5.37. The monoisotopic (exact) mass is 167 g/mol. The Labute approximate surface area is 73.6 Å². The molecule has 0 aliphatic heterocycles. The van der Waals surface area contributed by atoms with E-state index in [0.29, 0.717) is 5.92 Å². The molecule has 1 unspecified atom stereocenters. The average molecular weight is 167 g/mol. The summed E-state index contributed by atoms with van der Waals surface area (Å²) in [5.74, 6) is 1.28. The molecule has 0 fully saturated rings. The van der Waals surface area contributed by atoms with Gasteiger partial charge in [-0.3, -0.25) is 0 Å². The molecule has 68 valence electrons. The highest BCUT2D eigenvalue weighted by Gasteiger charge is 2.11. The molecule has 0 aliphatic carbocycles. The van der Waals surface area contributed by atoms with Crippen molar-refractivity contribution in [3.05, 3.63) is 12.0 Å². The quantitative estimate of drug-likeness (QED) is 0.747. The van der Waals surface area contributed by atoms with E-state index in [1.165, 1.54) is 6.42 Å². The molecule has 12 heavy (non-hydrogen) atoms. The molecule has 0 saturated carbocycles. The topological polar surface area (TPSA) is 43.8 Å². The van der Waals surface area contributed by atoms with Crippen LogP contribution in [0.4, 0.5) is 5.82 Å². The van der Waals surface area contributed by atoms with Crippen molar-refractivity contribution in [1.29, 1.82) is 0 Å². The van der Waals surface area contributed by atoms with Gasteiger partial charge in [0.05, 0.1) is 12.0 Å². The number of aromatic nitrogens is 2. The second-order valence-corrected chi connectivity index (χ2v) is 3.32. The van der Waals surface area contributed by atoms with E-state index in [1.54, 1.807) is 6.33 Å². The van der Waals surface area contributed by atoms with Crippen LogP contribution < -0.4 is 5.73 Å². The summed E-state index contributed by atoms with van der Waals surface area (Å²) in [5.41, 5.74) is 6.88. The molecule has 0 aliphatic rings. The third-order valence-electron chi connectivity index (χ3n) is 2.20. The number of nitrogens with two attached hydrogens (primary N) is 1. The molecule has 3 nitrogen and oxygen atoms in total. The minimum atomic E-state index is 0.483. The SMILES string of the molecule is CCCC(C)c1ncn(C)c1N. The first-order valence-corrected chi connectivity index (χ1v) is 4.43. The maximum Gasteiger partial charge on any atom is 0.126 e. The van der Waals surface area contributed by atoms with Crippen molar-refractivity contribution in [3.8, 4) is 0 Å². The smallest absolute Gasteiger partial charge is 0.126 e. The molecule has 0 bridgehead atoms. The fraction of sp³-hybridized carbons (Fsp3) is 0.667. The summed E-state index contributed by atoms with van der Waals surface area (Å²) in [6.07, 6.45) is 4.11. The lowest BCUT2D eigenvalue weighted by molar-refractivity contribution is 0.652. The van der Waals surface area contributed by atoms with Crippen LogP contribution >= 0.6 is 0 Å². The van der Waals surface area contributed by atoms with E-state index in [0.717, 1.165) is 17.9 Å². The van der Waals surface area contributed by atoms with Crippen LogP contribution in [0.2, 0.25) is 0 Å². The molecule has 1 aromatic heterocycles. The first-order chi connectivity index (χ1) is 5.66. The van der Waals surface area contributed by atoms with Gasteiger partial charge in [0.2, 0.25) is 0 Å². The van der Waals surface area contributed by atoms with Gasteiger partial charge >= 0.3 is 0 Å². The summed E-state index contributed by atoms with van der Waals surface area (Å²) < 4.78 is 1.86. The van der Waals surface area contributed by atoms with Gasteiger partial charge in [-0.15, -0.1) is 0 Å². The predicted octanol–water partition coefficient (Wildman–Crippen LogP) is 1.91. The van der Waals surface area contributed by atoms with Gasteiger partial charge in [-0.1, -0.05) is 20.3 Å². The van der Waals surface area contributed by atoms with Crippen molar-refractivity contribution in [2.75, 3.05) is 5.73 Å². The van der Waals surface area contributed by atoms with Gasteiger partial charge < -0.3 is 10.3 Å². The first-order valence-electron chi connectivity index (χ1n) is 4.43. The fourth-order valence-electron chi connectivity index (χ4n) is 1.41. The number of nitrogen functional groups attached to an aromatic ring is 1. The van der Waals surface area contributed by atoms with E-state index in [9.17, 15) is 0 Å². The fourth-order valence-corrected chi connectivity index (χ4v) is 1.41. The summed E-state index contributed by atoms with van der Waals surface area (Å²) >= 11 is 0. The van der Waals surface area contributed by atoms with Gasteiger partial charge in [0.15, 0.2) is 0 Å². The van der Waals surface area contributed by atoms with Gasteiger partial charge in [0.25, 0.3) is 0 Å². The maximum absolute atomic E-state index is 5.83. The minimum absolute atomic E-state index is 0.483. The molecule has 1 heterocycles. The van der Waals surface area contributed by atoms with Gasteiger partial charge in [-0.25, -0.2) is 4.98 Å². The zero-order valence-electron chi connectivity index (χ0n) is 8.04. The van der Waals surface area contributed by atoms with E-state index in [1.807, 2.05) is 11.6 Å². The normalized spacial score (nSPS) is 13.2. The molecular weight excluding hydrogens is 150 g/mol. The summed E-state index contributed by atoms with van der Waals surface area (Å²) in [6, 6.07) is 0. The molecule has 0 amide bonds. The van der Waals surface area contributed by atoms with E-state index in [4.69, 9.17) is 5.73 Å². The van der Waals surface area contributed by atoms with Crippen LogP contribution in [0.5, 0.6) is 0 Å². The second kappa shape index (κ2) is 3.61. The lowest BCUT2D eigenvalue weighted by atomic mass is 10.0. The van der Waals surface area contributed by atoms with Crippen molar-refractivity contribution >= 4 is 5.82 Å². The van der Waals surface area contributed by atoms with Crippen LogP contribution in [-0.2, 0) is 7.05 Å². The van der Waals surface area contributed by atoms with E-state index in [2.05, 4.69) is 18.8 Å². The zero-order chi connectivity index (χ0) is 9.14. The number of anilines is 1. The van der Waals surface area contributed by atoms with Crippen LogP contribution in [0.1, 0.15) is 38.3 Å². The lowest BCUT2D eigenvalue weighted by Crippen LogP contribution is -2.01. The van der Waals surface area contributed by atoms with E-state index < -0.39 is 0 Å². The molecule has 0 aromatic carbocycles. The Bertz CT molecular complexity index is 252. The van der Waals surface area contributed by atoms with E-state index >= 15 is 0 Å². The average Bonchev–Trinajstić information content (AvgIpc) is 2.34. The Hall–Kier alpha value is -0.990. The number of rotatable bonds is 3. The number of aryl methyl sites for hydroxylation is 1. The van der Waals surface area contributed by atoms with Crippen LogP contribution in [0.25, 0.3) is 0 Å². The summed E-state index contributed by atoms with van der Waals surface area (Å²) in [7, 11) is 1.92. The van der Waals surface area contributed by atoms with E-state index in [-0.39, 0.29) is 0 Å². The molecule has 0 radical (unpaired) electrons. The molecule has 1 rings (SSSR count). The molecule has 0 spiro atoms. The number of hydrogen-bond donors (Lipinski definition) is 1. The third kappa shape index (κ3) is 1.60. The number of imidazole rings is 1. The minimum Gasteiger partial charge on any atom is -0.384 e. The standard InChI is InChI=1S/C9H17N3/c1-4-5-7(2)8-9(10)12(3)6-11-8/h6-7H,4-5,10H2,1-3H3. The summed E-state index contributed by atoms with van der Waals surface area (Å²) in [5, 5.41) is 0. The van der Waals surface area contributed by atoms with Crippen molar-refractivity contribution in [1.82, 2.24) is 9.55 Å². The molecule has 3 heteroatoms. The summed E-state index contributed by atoms with van der Waals surface area (Å²) in [4.78, 5) is 4.27. The van der Waals surface area contributed by atoms with Crippen molar-refractivity contribution in [2.45, 2.75) is 32.6 Å². The largest absolute Gasteiger partial charge is 0.384 e. The Balaban J connectivity index is 2.80. The second-order valence-electron chi connectivity index (χ2n) is 3.32. The highest BCUT2D eigenvalue weighted by Crippen LogP contribution is 2.23. The Morgan fingerprint density at radius 1 is 1.67 bits per heavy atom. The molecular formula is C9H17N3. The number of nitrogens with zero attached hydrogens (tertiary/aromatic N) is 2. The lowest BCUT2D eigenvalue weighted by Gasteiger charge is -2.07. The predicted molar refractivity (Wildman–Crippen MR) is 50.9 cm³/mol. The third-order valence-corrected chi connectivity index (χ3v) is 2.20. The maximum atomic E-state index is 5.83. The highest BCUT2D eigenvalue weighted by atomic mass is 15.1. The van der Waals surface area contributed by atoms with Crippen molar-refractivity contribution in [3.63, 3.8) is 0 Å².